The summed E-state index contributed by atoms with van der Waals surface area (Å²) in [5, 5.41) is 0. The quantitative estimate of drug-likeness (QED) is 0.339. The van der Waals surface area contributed by atoms with Crippen LogP contribution in [0.15, 0.2) is 52.0 Å². The van der Waals surface area contributed by atoms with Crippen molar-refractivity contribution in [3.8, 4) is 0 Å². The number of amides is 1. The van der Waals surface area contributed by atoms with Crippen LogP contribution in [0, 0.1) is 0 Å². The van der Waals surface area contributed by atoms with Gasteiger partial charge < -0.3 is 9.69 Å². The highest BCUT2D eigenvalue weighted by Gasteiger charge is 2.51. The van der Waals surface area contributed by atoms with E-state index in [1.54, 1.807) is 11.0 Å². The maximum absolute atomic E-state index is 13.5. The largest absolute Gasteiger partial charge is 0.328 e. The molecule has 0 bridgehead atoms. The predicted molar refractivity (Wildman–Crippen MR) is 110 cm³/mol. The van der Waals surface area contributed by atoms with Gasteiger partial charge in [0.25, 0.3) is 5.91 Å². The van der Waals surface area contributed by atoms with Gasteiger partial charge in [-0.05, 0) is 38.0 Å². The van der Waals surface area contributed by atoms with E-state index in [9.17, 15) is 14.4 Å². The van der Waals surface area contributed by atoms with Gasteiger partial charge in [-0.1, -0.05) is 52.7 Å². The average molecular weight is 432 g/mol. The summed E-state index contributed by atoms with van der Waals surface area (Å²) in [4.78, 5) is 38.2. The maximum Gasteiger partial charge on any atom is 0.254 e. The van der Waals surface area contributed by atoms with Crippen LogP contribution in [0.4, 0.5) is 0 Å². The van der Waals surface area contributed by atoms with Crippen LogP contribution in [0.1, 0.15) is 52.0 Å². The molecule has 2 rings (SSSR count). The highest BCUT2D eigenvalue weighted by Crippen LogP contribution is 2.45. The van der Waals surface area contributed by atoms with E-state index in [1.165, 1.54) is 0 Å². The van der Waals surface area contributed by atoms with Gasteiger partial charge in [0.2, 0.25) is 0 Å². The van der Waals surface area contributed by atoms with E-state index in [0.717, 1.165) is 28.3 Å². The molecule has 1 amide bonds. The van der Waals surface area contributed by atoms with Crippen molar-refractivity contribution >= 4 is 33.9 Å². The summed E-state index contributed by atoms with van der Waals surface area (Å²) in [6, 6.07) is 7.80. The summed E-state index contributed by atoms with van der Waals surface area (Å²) in [5.74, 6) is 0.0281. The second-order valence-electron chi connectivity index (χ2n) is 6.86. The Bertz CT molecular complexity index is 769. The van der Waals surface area contributed by atoms with E-state index < -0.39 is 5.54 Å². The first-order chi connectivity index (χ1) is 12.9. The Hall–Kier alpha value is -2.01. The fourth-order valence-electron chi connectivity index (χ4n) is 3.56. The molecule has 0 atom stereocenters. The fraction of sp³-hybridized carbons (Fsp3) is 0.409. The monoisotopic (exact) mass is 431 g/mol. The van der Waals surface area contributed by atoms with E-state index in [4.69, 9.17) is 0 Å². The second-order valence-corrected chi connectivity index (χ2v) is 7.77. The zero-order chi connectivity index (χ0) is 20.0. The zero-order valence-corrected chi connectivity index (χ0v) is 17.7. The molecular weight excluding hydrogens is 406 g/mol. The topological polar surface area (TPSA) is 54.5 Å². The Morgan fingerprint density at radius 3 is 2.33 bits per heavy atom. The molecule has 0 heterocycles. The van der Waals surface area contributed by atoms with E-state index in [2.05, 4.69) is 15.9 Å². The number of likely N-dealkylation sites (N-methyl/N-ethyl adjacent to an activating group) is 1. The molecule has 1 aromatic rings. The van der Waals surface area contributed by atoms with Crippen LogP contribution in [0.25, 0.3) is 0 Å². The number of allylic oxidation sites excluding steroid dienone is 2. The molecule has 0 saturated heterocycles. The van der Waals surface area contributed by atoms with Crippen molar-refractivity contribution in [2.75, 3.05) is 6.54 Å². The molecule has 0 unspecified atom stereocenters. The lowest BCUT2D eigenvalue weighted by molar-refractivity contribution is -0.146. The van der Waals surface area contributed by atoms with E-state index in [-0.39, 0.29) is 18.1 Å². The van der Waals surface area contributed by atoms with Gasteiger partial charge >= 0.3 is 0 Å². The summed E-state index contributed by atoms with van der Waals surface area (Å²) < 4.78 is 0.953. The summed E-state index contributed by atoms with van der Waals surface area (Å²) in [6.07, 6.45) is 6.21. The van der Waals surface area contributed by atoms with Crippen molar-refractivity contribution in [3.63, 3.8) is 0 Å². The Kier molecular flexibility index (Phi) is 7.31. The summed E-state index contributed by atoms with van der Waals surface area (Å²) in [6.45, 7) is 6.23. The standard InChI is InChI=1S/C22H26BrNO3/c1-4-6-7-20(16(3)12-13-25)21(27)24(5-2)22(14-19(26)15-22)17-8-10-18(23)11-9-17/h6-11,13H,4-5,12,14-15H2,1-3H3/b7-6-,20-16-. The number of rotatable bonds is 8. The number of hydrogen-bond acceptors (Lipinski definition) is 3. The third-order valence-electron chi connectivity index (χ3n) is 5.04. The summed E-state index contributed by atoms with van der Waals surface area (Å²) in [7, 11) is 0. The van der Waals surface area contributed by atoms with Gasteiger partial charge in [0.1, 0.15) is 12.1 Å². The molecule has 1 fully saturated rings. The van der Waals surface area contributed by atoms with Crippen molar-refractivity contribution in [2.45, 2.75) is 52.0 Å². The lowest BCUT2D eigenvalue weighted by atomic mass is 9.69. The number of halogens is 1. The number of Topliss-reactive ketones (excluding diaryl/α,β-unsaturated/α-hetero) is 1. The maximum atomic E-state index is 13.5. The third kappa shape index (κ3) is 4.46. The van der Waals surface area contributed by atoms with Crippen molar-refractivity contribution in [2.24, 2.45) is 0 Å². The molecule has 5 heteroatoms. The van der Waals surface area contributed by atoms with Crippen molar-refractivity contribution in [1.82, 2.24) is 4.90 Å². The molecule has 144 valence electrons. The molecule has 0 N–H and O–H groups in total. The number of nitrogens with zero attached hydrogens (tertiary/aromatic N) is 1. The Balaban J connectivity index is 2.49. The molecule has 1 aliphatic rings. The zero-order valence-electron chi connectivity index (χ0n) is 16.1. The molecule has 0 aliphatic heterocycles. The third-order valence-corrected chi connectivity index (χ3v) is 5.57. The Morgan fingerprint density at radius 2 is 1.85 bits per heavy atom. The van der Waals surface area contributed by atoms with Crippen molar-refractivity contribution < 1.29 is 14.4 Å². The van der Waals surface area contributed by atoms with Crippen LogP contribution >= 0.6 is 15.9 Å². The number of carbonyl (C=O) groups is 3. The number of aldehydes is 1. The molecule has 0 spiro atoms. The number of ketones is 1. The van der Waals surface area contributed by atoms with E-state index >= 15 is 0 Å². The van der Waals surface area contributed by atoms with Crippen molar-refractivity contribution in [3.05, 3.63) is 57.6 Å². The fourth-order valence-corrected chi connectivity index (χ4v) is 3.83. The highest BCUT2D eigenvalue weighted by molar-refractivity contribution is 9.10. The first-order valence-corrected chi connectivity index (χ1v) is 10.1. The van der Waals surface area contributed by atoms with Gasteiger partial charge in [-0.2, -0.15) is 0 Å². The van der Waals surface area contributed by atoms with E-state index in [0.29, 0.717) is 25.0 Å². The molecule has 4 nitrogen and oxygen atoms in total. The van der Waals surface area contributed by atoms with Crippen LogP contribution < -0.4 is 0 Å². The summed E-state index contributed by atoms with van der Waals surface area (Å²) in [5.41, 5.74) is 1.64. The van der Waals surface area contributed by atoms with Gasteiger partial charge in [0.15, 0.2) is 0 Å². The number of carbonyl (C=O) groups excluding carboxylic acids is 3. The van der Waals surface area contributed by atoms with Gasteiger partial charge in [-0.3, -0.25) is 9.59 Å². The van der Waals surface area contributed by atoms with Crippen LogP contribution in [-0.2, 0) is 19.9 Å². The van der Waals surface area contributed by atoms with Gasteiger partial charge in [-0.25, -0.2) is 0 Å². The predicted octanol–water partition coefficient (Wildman–Crippen LogP) is 4.73. The SMILES string of the molecule is CC/C=C\C(C(=O)N(CC)C1(c2ccc(Br)cc2)CC(=O)C1)=C(/C)CC=O. The molecule has 0 aromatic heterocycles. The molecule has 1 aliphatic carbocycles. The lowest BCUT2D eigenvalue weighted by Crippen LogP contribution is -2.57. The van der Waals surface area contributed by atoms with E-state index in [1.807, 2.05) is 51.1 Å². The van der Waals surface area contributed by atoms with Crippen LogP contribution in [0.3, 0.4) is 0 Å². The molecule has 1 aromatic carbocycles. The molecule has 1 saturated carbocycles. The van der Waals surface area contributed by atoms with Gasteiger partial charge in [0, 0.05) is 35.9 Å². The smallest absolute Gasteiger partial charge is 0.254 e. The molecule has 27 heavy (non-hydrogen) atoms. The Morgan fingerprint density at radius 1 is 1.22 bits per heavy atom. The number of hydrogen-bond donors (Lipinski definition) is 0. The minimum Gasteiger partial charge on any atom is -0.328 e. The first kappa shape index (κ1) is 21.3. The normalized spacial score (nSPS) is 16.7. The van der Waals surface area contributed by atoms with Crippen molar-refractivity contribution in [1.29, 1.82) is 0 Å². The Labute approximate surface area is 169 Å². The lowest BCUT2D eigenvalue weighted by Gasteiger charge is -2.49. The summed E-state index contributed by atoms with van der Waals surface area (Å²) >= 11 is 3.44. The van der Waals surface area contributed by atoms with Gasteiger partial charge in [-0.15, -0.1) is 0 Å². The number of benzene rings is 1. The molecular formula is C22H26BrNO3. The second kappa shape index (κ2) is 9.27. The van der Waals surface area contributed by atoms with Crippen LogP contribution in [0.2, 0.25) is 0 Å². The van der Waals surface area contributed by atoms with Crippen LogP contribution in [0.5, 0.6) is 0 Å². The van der Waals surface area contributed by atoms with Gasteiger partial charge in [0.05, 0.1) is 5.54 Å². The highest BCUT2D eigenvalue weighted by atomic mass is 79.9. The average Bonchev–Trinajstić information content (AvgIpc) is 2.61. The minimum absolute atomic E-state index is 0.128. The first-order valence-electron chi connectivity index (χ1n) is 9.29. The molecule has 0 radical (unpaired) electrons. The minimum atomic E-state index is -0.615. The van der Waals surface area contributed by atoms with Crippen LogP contribution in [-0.4, -0.2) is 29.4 Å².